The highest BCUT2D eigenvalue weighted by Gasteiger charge is 2.58. The number of benzene rings is 1. The van der Waals surface area contributed by atoms with Gasteiger partial charge in [0.05, 0.1) is 0 Å². The molecule has 0 saturated carbocycles. The minimum absolute atomic E-state index is 0.111. The van der Waals surface area contributed by atoms with Crippen LogP contribution in [0, 0.1) is 0 Å². The van der Waals surface area contributed by atoms with Gasteiger partial charge in [-0.2, -0.15) is 22.0 Å². The molecule has 1 N–H and O–H groups in total. The number of carbonyl (C=O) groups excluding carboxylic acids is 2. The number of carbonyl (C=O) groups is 2. The summed E-state index contributed by atoms with van der Waals surface area (Å²) >= 11 is 0. The predicted octanol–water partition coefficient (Wildman–Crippen LogP) is 3.04. The standard InChI is InChI=1S/C14H14F5NO4/c1-9(11(21)24-8-13(15,16)14(17,18)19)20-12(22)23-7-10-5-3-2-4-6-10/h2-6,9H,7-8H2,1H3,(H,20,22)/t9-/m0/s1. The summed E-state index contributed by atoms with van der Waals surface area (Å²) in [5.74, 6) is -6.62. The number of alkyl carbamates (subject to hydrolysis) is 1. The summed E-state index contributed by atoms with van der Waals surface area (Å²) in [6, 6.07) is 7.04. The van der Waals surface area contributed by atoms with Gasteiger partial charge in [-0.1, -0.05) is 30.3 Å². The zero-order chi connectivity index (χ0) is 18.4. The van der Waals surface area contributed by atoms with Crippen LogP contribution in [0.1, 0.15) is 12.5 Å². The average Bonchev–Trinajstić information content (AvgIpc) is 2.50. The third-order valence-electron chi connectivity index (χ3n) is 2.71. The summed E-state index contributed by atoms with van der Waals surface area (Å²) in [7, 11) is 0. The fraction of sp³-hybridized carbons (Fsp3) is 0.429. The summed E-state index contributed by atoms with van der Waals surface area (Å²) in [6.07, 6.45) is -6.88. The van der Waals surface area contributed by atoms with Crippen LogP contribution in [0.15, 0.2) is 30.3 Å². The first-order valence-corrected chi connectivity index (χ1v) is 6.61. The molecular weight excluding hydrogens is 341 g/mol. The highest BCUT2D eigenvalue weighted by atomic mass is 19.4. The van der Waals surface area contributed by atoms with Gasteiger partial charge in [0.2, 0.25) is 0 Å². The molecule has 0 radical (unpaired) electrons. The van der Waals surface area contributed by atoms with E-state index in [9.17, 15) is 31.5 Å². The van der Waals surface area contributed by atoms with Crippen LogP contribution in [0.4, 0.5) is 26.7 Å². The summed E-state index contributed by atoms with van der Waals surface area (Å²) in [5, 5.41) is 1.96. The largest absolute Gasteiger partial charge is 0.457 e. The Morgan fingerprint density at radius 3 is 2.21 bits per heavy atom. The fourth-order valence-electron chi connectivity index (χ4n) is 1.37. The number of ether oxygens (including phenoxy) is 2. The monoisotopic (exact) mass is 355 g/mol. The van der Waals surface area contributed by atoms with Gasteiger partial charge < -0.3 is 14.8 Å². The van der Waals surface area contributed by atoms with Crippen LogP contribution in [0.3, 0.4) is 0 Å². The molecule has 134 valence electrons. The average molecular weight is 355 g/mol. The lowest BCUT2D eigenvalue weighted by Crippen LogP contribution is -2.45. The minimum atomic E-state index is -5.83. The molecule has 1 aromatic carbocycles. The summed E-state index contributed by atoms with van der Waals surface area (Å²) in [4.78, 5) is 22.8. The Hall–Kier alpha value is -2.39. The highest BCUT2D eigenvalue weighted by molar-refractivity contribution is 5.80. The van der Waals surface area contributed by atoms with Gasteiger partial charge in [-0.3, -0.25) is 0 Å². The van der Waals surface area contributed by atoms with Crippen LogP contribution in [0.2, 0.25) is 0 Å². The van der Waals surface area contributed by atoms with Gasteiger partial charge >= 0.3 is 24.2 Å². The van der Waals surface area contributed by atoms with Crippen LogP contribution in [0.25, 0.3) is 0 Å². The maximum atomic E-state index is 12.6. The van der Waals surface area contributed by atoms with Gasteiger partial charge in [0.1, 0.15) is 12.6 Å². The lowest BCUT2D eigenvalue weighted by atomic mass is 10.2. The van der Waals surface area contributed by atoms with Gasteiger partial charge in [0.15, 0.2) is 6.61 Å². The second-order valence-electron chi connectivity index (χ2n) is 4.74. The van der Waals surface area contributed by atoms with E-state index in [4.69, 9.17) is 4.74 Å². The Morgan fingerprint density at radius 1 is 1.08 bits per heavy atom. The smallest absolute Gasteiger partial charge is 0.456 e. The molecule has 1 aromatic rings. The first kappa shape index (κ1) is 19.7. The number of hydrogen-bond donors (Lipinski definition) is 1. The highest BCUT2D eigenvalue weighted by Crippen LogP contribution is 2.35. The Morgan fingerprint density at radius 2 is 1.67 bits per heavy atom. The molecule has 0 unspecified atom stereocenters. The third-order valence-corrected chi connectivity index (χ3v) is 2.71. The predicted molar refractivity (Wildman–Crippen MR) is 71.2 cm³/mol. The quantitative estimate of drug-likeness (QED) is 0.629. The van der Waals surface area contributed by atoms with E-state index in [1.165, 1.54) is 0 Å². The molecule has 0 spiro atoms. The van der Waals surface area contributed by atoms with Gasteiger partial charge in [0.25, 0.3) is 0 Å². The van der Waals surface area contributed by atoms with Crippen molar-refractivity contribution in [2.24, 2.45) is 0 Å². The molecule has 1 amide bonds. The van der Waals surface area contributed by atoms with Crippen molar-refractivity contribution in [2.75, 3.05) is 6.61 Å². The normalized spacial score (nSPS) is 13.1. The molecular formula is C14H14F5NO4. The fourth-order valence-corrected chi connectivity index (χ4v) is 1.37. The summed E-state index contributed by atoms with van der Waals surface area (Å²) in [6.45, 7) is -1.22. The number of halogens is 5. The minimum Gasteiger partial charge on any atom is -0.457 e. The van der Waals surface area contributed by atoms with Crippen LogP contribution in [0.5, 0.6) is 0 Å². The Kier molecular flexibility index (Phi) is 6.50. The van der Waals surface area contributed by atoms with Crippen LogP contribution < -0.4 is 5.32 Å². The Balaban J connectivity index is 2.39. The van der Waals surface area contributed by atoms with Crippen molar-refractivity contribution in [1.29, 1.82) is 0 Å². The van der Waals surface area contributed by atoms with Gasteiger partial charge in [-0.15, -0.1) is 0 Å². The molecule has 10 heteroatoms. The van der Waals surface area contributed by atoms with Crippen LogP contribution in [-0.2, 0) is 20.9 Å². The van der Waals surface area contributed by atoms with Crippen LogP contribution >= 0.6 is 0 Å². The first-order valence-electron chi connectivity index (χ1n) is 6.61. The Bertz CT molecular complexity index is 562. The van der Waals surface area contributed by atoms with E-state index in [-0.39, 0.29) is 6.61 Å². The molecule has 1 atom stereocenters. The molecule has 5 nitrogen and oxygen atoms in total. The third kappa shape index (κ3) is 6.01. The second-order valence-corrected chi connectivity index (χ2v) is 4.74. The molecule has 0 aromatic heterocycles. The molecule has 1 rings (SSSR count). The number of rotatable bonds is 6. The van der Waals surface area contributed by atoms with E-state index in [0.29, 0.717) is 5.56 Å². The van der Waals surface area contributed by atoms with Gasteiger partial charge in [-0.25, -0.2) is 9.59 Å². The van der Waals surface area contributed by atoms with E-state index >= 15 is 0 Å². The maximum Gasteiger partial charge on any atom is 0.456 e. The van der Waals surface area contributed by atoms with Crippen LogP contribution in [-0.4, -0.2) is 36.8 Å². The molecule has 0 bridgehead atoms. The van der Waals surface area contributed by atoms with E-state index in [1.54, 1.807) is 30.3 Å². The first-order chi connectivity index (χ1) is 11.0. The number of alkyl halides is 5. The number of hydrogen-bond acceptors (Lipinski definition) is 4. The zero-order valence-corrected chi connectivity index (χ0v) is 12.4. The molecule has 24 heavy (non-hydrogen) atoms. The van der Waals surface area contributed by atoms with Crippen molar-refractivity contribution in [3.8, 4) is 0 Å². The zero-order valence-electron chi connectivity index (χ0n) is 12.4. The van der Waals surface area contributed by atoms with Crippen molar-refractivity contribution in [3.05, 3.63) is 35.9 Å². The van der Waals surface area contributed by atoms with E-state index in [2.05, 4.69) is 4.74 Å². The molecule has 0 saturated heterocycles. The van der Waals surface area contributed by atoms with Crippen molar-refractivity contribution in [3.63, 3.8) is 0 Å². The lowest BCUT2D eigenvalue weighted by molar-refractivity contribution is -0.294. The maximum absolute atomic E-state index is 12.6. The van der Waals surface area contributed by atoms with Crippen molar-refractivity contribution < 1.29 is 41.0 Å². The summed E-state index contributed by atoms with van der Waals surface area (Å²) in [5.41, 5.74) is 0.660. The molecule has 0 aliphatic heterocycles. The van der Waals surface area contributed by atoms with E-state index in [0.717, 1.165) is 6.92 Å². The molecule has 0 heterocycles. The second kappa shape index (κ2) is 7.93. The summed E-state index contributed by atoms with van der Waals surface area (Å²) < 4.78 is 69.6. The van der Waals surface area contributed by atoms with Gasteiger partial charge in [-0.05, 0) is 12.5 Å². The molecule has 0 fully saturated rings. The van der Waals surface area contributed by atoms with Crippen molar-refractivity contribution >= 4 is 12.1 Å². The molecule has 0 aliphatic carbocycles. The topological polar surface area (TPSA) is 64.6 Å². The lowest BCUT2D eigenvalue weighted by Gasteiger charge is -2.20. The van der Waals surface area contributed by atoms with E-state index < -0.39 is 36.8 Å². The van der Waals surface area contributed by atoms with Crippen molar-refractivity contribution in [2.45, 2.75) is 31.7 Å². The number of nitrogens with one attached hydrogen (secondary N) is 1. The number of amides is 1. The van der Waals surface area contributed by atoms with Gasteiger partial charge in [0, 0.05) is 0 Å². The van der Waals surface area contributed by atoms with Crippen molar-refractivity contribution in [1.82, 2.24) is 5.32 Å². The SMILES string of the molecule is C[C@H](NC(=O)OCc1ccccc1)C(=O)OCC(F)(F)C(F)(F)F. The number of esters is 1. The van der Waals surface area contributed by atoms with E-state index in [1.807, 2.05) is 5.32 Å². The molecule has 0 aliphatic rings. The Labute approximate surface area is 133 Å².